The third-order valence-electron chi connectivity index (χ3n) is 4.61. The van der Waals surface area contributed by atoms with Crippen molar-refractivity contribution in [2.75, 3.05) is 38.0 Å². The SMILES string of the molecule is O=C(CN1CCN(Cc2ccccc2C(F)(F)F)CC1)Nc1ccccc1. The van der Waals surface area contributed by atoms with Crippen molar-refractivity contribution in [1.82, 2.24) is 9.80 Å². The number of alkyl halides is 3. The first kappa shape index (κ1) is 19.4. The number of hydrogen-bond acceptors (Lipinski definition) is 3. The molecule has 0 spiro atoms. The van der Waals surface area contributed by atoms with Crippen LogP contribution in [0.5, 0.6) is 0 Å². The minimum Gasteiger partial charge on any atom is -0.325 e. The number of anilines is 1. The van der Waals surface area contributed by atoms with Gasteiger partial charge in [-0.3, -0.25) is 14.6 Å². The van der Waals surface area contributed by atoms with Gasteiger partial charge < -0.3 is 5.32 Å². The molecule has 1 fully saturated rings. The van der Waals surface area contributed by atoms with E-state index in [2.05, 4.69) is 5.32 Å². The van der Waals surface area contributed by atoms with Gasteiger partial charge in [0.1, 0.15) is 0 Å². The molecule has 1 heterocycles. The van der Waals surface area contributed by atoms with Crippen molar-refractivity contribution in [2.45, 2.75) is 12.7 Å². The fraction of sp³-hybridized carbons (Fsp3) is 0.350. The summed E-state index contributed by atoms with van der Waals surface area (Å²) in [5.41, 5.74) is 0.472. The number of halogens is 3. The summed E-state index contributed by atoms with van der Waals surface area (Å²) in [5, 5.41) is 2.85. The summed E-state index contributed by atoms with van der Waals surface area (Å²) in [6.07, 6.45) is -4.34. The van der Waals surface area contributed by atoms with Crippen molar-refractivity contribution in [2.24, 2.45) is 0 Å². The number of hydrogen-bond donors (Lipinski definition) is 1. The zero-order valence-corrected chi connectivity index (χ0v) is 14.9. The first-order valence-electron chi connectivity index (χ1n) is 8.86. The van der Waals surface area contributed by atoms with Crippen LogP contribution in [0.15, 0.2) is 54.6 Å². The molecule has 0 aliphatic carbocycles. The van der Waals surface area contributed by atoms with Gasteiger partial charge in [0.15, 0.2) is 0 Å². The monoisotopic (exact) mass is 377 g/mol. The number of para-hydroxylation sites is 1. The van der Waals surface area contributed by atoms with Gasteiger partial charge >= 0.3 is 6.18 Å². The lowest BCUT2D eigenvalue weighted by molar-refractivity contribution is -0.138. The summed E-state index contributed by atoms with van der Waals surface area (Å²) in [5.74, 6) is -0.0860. The highest BCUT2D eigenvalue weighted by molar-refractivity contribution is 5.92. The summed E-state index contributed by atoms with van der Waals surface area (Å²) in [6.45, 7) is 3.10. The predicted molar refractivity (Wildman–Crippen MR) is 98.2 cm³/mol. The number of carbonyl (C=O) groups is 1. The van der Waals surface area contributed by atoms with Crippen molar-refractivity contribution < 1.29 is 18.0 Å². The lowest BCUT2D eigenvalue weighted by atomic mass is 10.1. The topological polar surface area (TPSA) is 35.6 Å². The van der Waals surface area contributed by atoms with Gasteiger partial charge in [-0.2, -0.15) is 13.2 Å². The van der Waals surface area contributed by atoms with E-state index in [1.54, 1.807) is 6.07 Å². The molecule has 7 heteroatoms. The summed E-state index contributed by atoms with van der Waals surface area (Å²) in [7, 11) is 0. The van der Waals surface area contributed by atoms with E-state index in [4.69, 9.17) is 0 Å². The average molecular weight is 377 g/mol. The van der Waals surface area contributed by atoms with Gasteiger partial charge in [-0.1, -0.05) is 36.4 Å². The maximum Gasteiger partial charge on any atom is 0.416 e. The lowest BCUT2D eigenvalue weighted by Crippen LogP contribution is -2.48. The van der Waals surface area contributed by atoms with E-state index < -0.39 is 11.7 Å². The summed E-state index contributed by atoms with van der Waals surface area (Å²) in [6, 6.07) is 14.9. The summed E-state index contributed by atoms with van der Waals surface area (Å²) < 4.78 is 39.3. The van der Waals surface area contributed by atoms with Crippen molar-refractivity contribution in [3.8, 4) is 0 Å². The van der Waals surface area contributed by atoms with Gasteiger partial charge in [0.25, 0.3) is 0 Å². The number of carbonyl (C=O) groups excluding carboxylic acids is 1. The minimum absolute atomic E-state index is 0.0860. The smallest absolute Gasteiger partial charge is 0.325 e. The Balaban J connectivity index is 1.49. The molecule has 1 saturated heterocycles. The molecule has 0 bridgehead atoms. The molecular formula is C20H22F3N3O. The van der Waals surface area contributed by atoms with Crippen LogP contribution in [0.3, 0.4) is 0 Å². The molecule has 4 nitrogen and oxygen atoms in total. The van der Waals surface area contributed by atoms with E-state index >= 15 is 0 Å². The van der Waals surface area contributed by atoms with Gasteiger partial charge in [0.05, 0.1) is 12.1 Å². The fourth-order valence-electron chi connectivity index (χ4n) is 3.21. The first-order chi connectivity index (χ1) is 12.9. The molecule has 1 amide bonds. The number of benzene rings is 2. The molecule has 1 N–H and O–H groups in total. The maximum absolute atomic E-state index is 13.1. The zero-order valence-electron chi connectivity index (χ0n) is 14.9. The number of nitrogens with one attached hydrogen (secondary N) is 1. The first-order valence-corrected chi connectivity index (χ1v) is 8.86. The Kier molecular flexibility index (Phi) is 6.13. The van der Waals surface area contributed by atoms with E-state index in [1.807, 2.05) is 40.1 Å². The van der Waals surface area contributed by atoms with Crippen LogP contribution in [0, 0.1) is 0 Å². The number of nitrogens with zero attached hydrogens (tertiary/aromatic N) is 2. The third-order valence-corrected chi connectivity index (χ3v) is 4.61. The summed E-state index contributed by atoms with van der Waals surface area (Å²) in [4.78, 5) is 16.1. The molecule has 0 unspecified atom stereocenters. The number of amides is 1. The second-order valence-corrected chi connectivity index (χ2v) is 6.62. The van der Waals surface area contributed by atoms with Crippen molar-refractivity contribution >= 4 is 11.6 Å². The molecule has 1 aliphatic rings. The number of piperazine rings is 1. The van der Waals surface area contributed by atoms with Crippen LogP contribution >= 0.6 is 0 Å². The highest BCUT2D eigenvalue weighted by Gasteiger charge is 2.33. The Morgan fingerprint density at radius 2 is 1.48 bits per heavy atom. The highest BCUT2D eigenvalue weighted by atomic mass is 19.4. The van der Waals surface area contributed by atoms with Crippen molar-refractivity contribution in [3.05, 3.63) is 65.7 Å². The van der Waals surface area contributed by atoms with E-state index in [1.165, 1.54) is 12.1 Å². The molecule has 0 saturated carbocycles. The van der Waals surface area contributed by atoms with Crippen molar-refractivity contribution in [1.29, 1.82) is 0 Å². The fourth-order valence-corrected chi connectivity index (χ4v) is 3.21. The Morgan fingerprint density at radius 3 is 2.15 bits per heavy atom. The Morgan fingerprint density at radius 1 is 0.889 bits per heavy atom. The van der Waals surface area contributed by atoms with Crippen LogP contribution in [-0.4, -0.2) is 48.4 Å². The normalized spacial score (nSPS) is 16.3. The second kappa shape index (κ2) is 8.54. The largest absolute Gasteiger partial charge is 0.416 e. The highest BCUT2D eigenvalue weighted by Crippen LogP contribution is 2.32. The van der Waals surface area contributed by atoms with Gasteiger partial charge in [0, 0.05) is 38.4 Å². The van der Waals surface area contributed by atoms with E-state index in [0.717, 1.165) is 11.8 Å². The van der Waals surface area contributed by atoms with Crippen LogP contribution in [0.4, 0.5) is 18.9 Å². The maximum atomic E-state index is 13.1. The molecule has 2 aromatic rings. The molecule has 3 rings (SSSR count). The lowest BCUT2D eigenvalue weighted by Gasteiger charge is -2.34. The van der Waals surface area contributed by atoms with Crippen LogP contribution in [0.25, 0.3) is 0 Å². The van der Waals surface area contributed by atoms with E-state index in [0.29, 0.717) is 31.7 Å². The molecule has 27 heavy (non-hydrogen) atoms. The predicted octanol–water partition coefficient (Wildman–Crippen LogP) is 3.46. The molecule has 0 atom stereocenters. The number of rotatable bonds is 5. The van der Waals surface area contributed by atoms with Crippen molar-refractivity contribution in [3.63, 3.8) is 0 Å². The Bertz CT molecular complexity index is 757. The molecule has 0 radical (unpaired) electrons. The van der Waals surface area contributed by atoms with E-state index in [-0.39, 0.29) is 19.0 Å². The molecular weight excluding hydrogens is 355 g/mol. The van der Waals surface area contributed by atoms with Gasteiger partial charge in [-0.25, -0.2) is 0 Å². The molecule has 1 aliphatic heterocycles. The van der Waals surface area contributed by atoms with Crippen LogP contribution in [-0.2, 0) is 17.5 Å². The van der Waals surface area contributed by atoms with Gasteiger partial charge in [-0.05, 0) is 23.8 Å². The Labute approximate surface area is 156 Å². The molecule has 0 aromatic heterocycles. The standard InChI is InChI=1S/C20H22F3N3O/c21-20(22,23)18-9-5-4-6-16(18)14-25-10-12-26(13-11-25)15-19(27)24-17-7-2-1-3-8-17/h1-9H,10-15H2,(H,24,27). The van der Waals surface area contributed by atoms with Crippen LogP contribution in [0.2, 0.25) is 0 Å². The minimum atomic E-state index is -4.34. The van der Waals surface area contributed by atoms with Gasteiger partial charge in [-0.15, -0.1) is 0 Å². The second-order valence-electron chi connectivity index (χ2n) is 6.62. The Hall–Kier alpha value is -2.38. The van der Waals surface area contributed by atoms with Gasteiger partial charge in [0.2, 0.25) is 5.91 Å². The summed E-state index contributed by atoms with van der Waals surface area (Å²) >= 11 is 0. The molecule has 144 valence electrons. The zero-order chi connectivity index (χ0) is 19.3. The quantitative estimate of drug-likeness (QED) is 0.867. The van der Waals surface area contributed by atoms with E-state index in [9.17, 15) is 18.0 Å². The average Bonchev–Trinajstić information content (AvgIpc) is 2.64. The van der Waals surface area contributed by atoms with Crippen LogP contribution in [0.1, 0.15) is 11.1 Å². The molecule has 2 aromatic carbocycles. The third kappa shape index (κ3) is 5.55. The van der Waals surface area contributed by atoms with Crippen LogP contribution < -0.4 is 5.32 Å².